The number of rotatable bonds is 5. The van der Waals surface area contributed by atoms with Crippen molar-refractivity contribution in [3.63, 3.8) is 0 Å². The first-order chi connectivity index (χ1) is 7.19. The molecule has 1 aromatic carbocycles. The van der Waals surface area contributed by atoms with Gasteiger partial charge < -0.3 is 10.1 Å². The lowest BCUT2D eigenvalue weighted by Gasteiger charge is -2.21. The number of para-hydroxylation sites is 1. The van der Waals surface area contributed by atoms with Gasteiger partial charge in [0.15, 0.2) is 0 Å². The molecule has 0 aromatic heterocycles. The molecule has 1 aromatic rings. The third-order valence-electron chi connectivity index (χ3n) is 2.81. The summed E-state index contributed by atoms with van der Waals surface area (Å²) in [6.45, 7) is 4.47. The van der Waals surface area contributed by atoms with Gasteiger partial charge in [0, 0.05) is 6.04 Å². The summed E-state index contributed by atoms with van der Waals surface area (Å²) < 4.78 is 5.34. The molecule has 0 aliphatic carbocycles. The van der Waals surface area contributed by atoms with E-state index in [1.54, 1.807) is 7.11 Å². The molecule has 0 saturated carbocycles. The molecular weight excluding hydrogens is 186 g/mol. The van der Waals surface area contributed by atoms with Gasteiger partial charge in [-0.25, -0.2) is 0 Å². The lowest BCUT2D eigenvalue weighted by atomic mass is 9.96. The topological polar surface area (TPSA) is 21.3 Å². The summed E-state index contributed by atoms with van der Waals surface area (Å²) in [5.74, 6) is 1.61. The SMILES string of the molecule is CNC(Cc1ccccc1OC)C(C)C. The molecule has 0 heterocycles. The number of hydrogen-bond acceptors (Lipinski definition) is 2. The van der Waals surface area contributed by atoms with E-state index < -0.39 is 0 Å². The van der Waals surface area contributed by atoms with E-state index in [1.165, 1.54) is 5.56 Å². The van der Waals surface area contributed by atoms with Gasteiger partial charge in [-0.2, -0.15) is 0 Å². The average molecular weight is 207 g/mol. The van der Waals surface area contributed by atoms with Crippen LogP contribution in [0.3, 0.4) is 0 Å². The minimum Gasteiger partial charge on any atom is -0.496 e. The van der Waals surface area contributed by atoms with Crippen molar-refractivity contribution < 1.29 is 4.74 Å². The van der Waals surface area contributed by atoms with E-state index in [9.17, 15) is 0 Å². The summed E-state index contributed by atoms with van der Waals surface area (Å²) in [6, 6.07) is 8.71. The highest BCUT2D eigenvalue weighted by molar-refractivity contribution is 5.33. The van der Waals surface area contributed by atoms with Crippen molar-refractivity contribution in [2.45, 2.75) is 26.3 Å². The van der Waals surface area contributed by atoms with Crippen LogP contribution < -0.4 is 10.1 Å². The maximum absolute atomic E-state index is 5.34. The summed E-state index contributed by atoms with van der Waals surface area (Å²) in [7, 11) is 3.74. The van der Waals surface area contributed by atoms with Crippen molar-refractivity contribution in [3.8, 4) is 5.75 Å². The molecule has 84 valence electrons. The molecule has 15 heavy (non-hydrogen) atoms. The second-order valence-electron chi connectivity index (χ2n) is 4.16. The Labute approximate surface area is 92.6 Å². The van der Waals surface area contributed by atoms with Crippen LogP contribution in [0.4, 0.5) is 0 Å². The highest BCUT2D eigenvalue weighted by atomic mass is 16.5. The van der Waals surface area contributed by atoms with Crippen LogP contribution in [0.2, 0.25) is 0 Å². The largest absolute Gasteiger partial charge is 0.496 e. The van der Waals surface area contributed by atoms with Crippen LogP contribution in [-0.2, 0) is 6.42 Å². The van der Waals surface area contributed by atoms with Crippen molar-refractivity contribution in [1.29, 1.82) is 0 Å². The molecule has 0 saturated heterocycles. The van der Waals surface area contributed by atoms with Gasteiger partial charge in [-0.05, 0) is 31.0 Å². The second kappa shape index (κ2) is 5.76. The molecule has 1 unspecified atom stereocenters. The van der Waals surface area contributed by atoms with E-state index >= 15 is 0 Å². The molecule has 1 atom stereocenters. The fraction of sp³-hybridized carbons (Fsp3) is 0.538. The van der Waals surface area contributed by atoms with Crippen molar-refractivity contribution >= 4 is 0 Å². The van der Waals surface area contributed by atoms with E-state index in [2.05, 4.69) is 31.3 Å². The number of ether oxygens (including phenoxy) is 1. The Balaban J connectivity index is 2.78. The van der Waals surface area contributed by atoms with Crippen LogP contribution in [0.5, 0.6) is 5.75 Å². The summed E-state index contributed by atoms with van der Waals surface area (Å²) in [6.07, 6.45) is 1.01. The Morgan fingerprint density at radius 1 is 1.27 bits per heavy atom. The molecule has 0 spiro atoms. The third-order valence-corrected chi connectivity index (χ3v) is 2.81. The number of nitrogens with one attached hydrogen (secondary N) is 1. The van der Waals surface area contributed by atoms with Gasteiger partial charge >= 0.3 is 0 Å². The lowest BCUT2D eigenvalue weighted by Crippen LogP contribution is -2.32. The smallest absolute Gasteiger partial charge is 0.122 e. The fourth-order valence-electron chi connectivity index (χ4n) is 1.78. The van der Waals surface area contributed by atoms with Gasteiger partial charge in [0.05, 0.1) is 7.11 Å². The molecule has 2 heteroatoms. The van der Waals surface area contributed by atoms with E-state index in [1.807, 2.05) is 19.2 Å². The molecule has 0 radical (unpaired) electrons. The van der Waals surface area contributed by atoms with Gasteiger partial charge in [0.25, 0.3) is 0 Å². The minimum atomic E-state index is 0.501. The Bertz CT molecular complexity index is 296. The number of benzene rings is 1. The maximum atomic E-state index is 5.34. The first-order valence-electron chi connectivity index (χ1n) is 5.48. The molecule has 0 amide bonds. The normalized spacial score (nSPS) is 12.9. The van der Waals surface area contributed by atoms with Gasteiger partial charge in [0.1, 0.15) is 5.75 Å². The quantitative estimate of drug-likeness (QED) is 0.801. The van der Waals surface area contributed by atoms with Crippen molar-refractivity contribution in [2.24, 2.45) is 5.92 Å². The summed E-state index contributed by atoms with van der Waals surface area (Å²) >= 11 is 0. The molecular formula is C13H21NO. The number of methoxy groups -OCH3 is 1. The zero-order valence-electron chi connectivity index (χ0n) is 10.1. The molecule has 0 aliphatic heterocycles. The maximum Gasteiger partial charge on any atom is 0.122 e. The van der Waals surface area contributed by atoms with Crippen molar-refractivity contribution in [2.75, 3.05) is 14.2 Å². The monoisotopic (exact) mass is 207 g/mol. The first kappa shape index (κ1) is 12.1. The molecule has 2 nitrogen and oxygen atoms in total. The third kappa shape index (κ3) is 3.24. The Kier molecular flexibility index (Phi) is 4.63. The van der Waals surface area contributed by atoms with Crippen molar-refractivity contribution in [3.05, 3.63) is 29.8 Å². The zero-order chi connectivity index (χ0) is 11.3. The van der Waals surface area contributed by atoms with Crippen molar-refractivity contribution in [1.82, 2.24) is 5.32 Å². The van der Waals surface area contributed by atoms with E-state index in [4.69, 9.17) is 4.74 Å². The minimum absolute atomic E-state index is 0.501. The average Bonchev–Trinajstić information content (AvgIpc) is 2.25. The molecule has 0 aliphatic rings. The lowest BCUT2D eigenvalue weighted by molar-refractivity contribution is 0.391. The Hall–Kier alpha value is -1.02. The molecule has 0 bridgehead atoms. The highest BCUT2D eigenvalue weighted by Crippen LogP contribution is 2.20. The standard InChI is InChI=1S/C13H21NO/c1-10(2)12(14-3)9-11-7-5-6-8-13(11)15-4/h5-8,10,12,14H,9H2,1-4H3. The van der Waals surface area contributed by atoms with Crippen LogP contribution >= 0.6 is 0 Å². The predicted octanol–water partition coefficient (Wildman–Crippen LogP) is 2.48. The van der Waals surface area contributed by atoms with Crippen LogP contribution in [0.25, 0.3) is 0 Å². The van der Waals surface area contributed by atoms with Gasteiger partial charge in [-0.3, -0.25) is 0 Å². The fourth-order valence-corrected chi connectivity index (χ4v) is 1.78. The first-order valence-corrected chi connectivity index (χ1v) is 5.48. The molecule has 1 N–H and O–H groups in total. The van der Waals surface area contributed by atoms with Crippen LogP contribution in [0.1, 0.15) is 19.4 Å². The van der Waals surface area contributed by atoms with Gasteiger partial charge in [-0.15, -0.1) is 0 Å². The predicted molar refractivity (Wildman–Crippen MR) is 64.4 cm³/mol. The summed E-state index contributed by atoms with van der Waals surface area (Å²) in [5.41, 5.74) is 1.27. The molecule has 0 fully saturated rings. The number of hydrogen-bond donors (Lipinski definition) is 1. The molecule has 1 rings (SSSR count). The van der Waals surface area contributed by atoms with E-state index in [0.717, 1.165) is 12.2 Å². The summed E-state index contributed by atoms with van der Waals surface area (Å²) in [5, 5.41) is 3.35. The van der Waals surface area contributed by atoms with Crippen LogP contribution in [0.15, 0.2) is 24.3 Å². The second-order valence-corrected chi connectivity index (χ2v) is 4.16. The summed E-state index contributed by atoms with van der Waals surface area (Å²) in [4.78, 5) is 0. The van der Waals surface area contributed by atoms with E-state index in [-0.39, 0.29) is 0 Å². The Morgan fingerprint density at radius 2 is 1.93 bits per heavy atom. The van der Waals surface area contributed by atoms with Crippen LogP contribution in [-0.4, -0.2) is 20.2 Å². The number of likely N-dealkylation sites (N-methyl/N-ethyl adjacent to an activating group) is 1. The highest BCUT2D eigenvalue weighted by Gasteiger charge is 2.13. The van der Waals surface area contributed by atoms with Gasteiger partial charge in [0.2, 0.25) is 0 Å². The van der Waals surface area contributed by atoms with Gasteiger partial charge in [-0.1, -0.05) is 32.0 Å². The Morgan fingerprint density at radius 3 is 2.47 bits per heavy atom. The van der Waals surface area contributed by atoms with E-state index in [0.29, 0.717) is 12.0 Å². The van der Waals surface area contributed by atoms with Crippen LogP contribution in [0, 0.1) is 5.92 Å². The zero-order valence-corrected chi connectivity index (χ0v) is 10.1.